The van der Waals surface area contributed by atoms with Gasteiger partial charge in [-0.1, -0.05) is 39.0 Å². The predicted octanol–water partition coefficient (Wildman–Crippen LogP) is 3.97. The third kappa shape index (κ3) is 4.68. The summed E-state index contributed by atoms with van der Waals surface area (Å²) in [5.74, 6) is 0.811. The van der Waals surface area contributed by atoms with Crippen molar-refractivity contribution in [2.75, 3.05) is 7.11 Å². The van der Waals surface area contributed by atoms with Gasteiger partial charge in [0.15, 0.2) is 0 Å². The Morgan fingerprint density at radius 2 is 2.09 bits per heavy atom. The van der Waals surface area contributed by atoms with Gasteiger partial charge in [0, 0.05) is 25.4 Å². The SMILES string of the molecule is C=C[C@H]1O[C@@H]([C@H](C)[C@H](OC)[C@@H](C)C/C=C/C)C[C@@H](O)[C@@H]1CC. The number of ether oxygens (including phenoxy) is 2. The number of rotatable bonds is 8. The van der Waals surface area contributed by atoms with E-state index in [1.165, 1.54) is 0 Å². The van der Waals surface area contributed by atoms with Gasteiger partial charge in [0.1, 0.15) is 0 Å². The Morgan fingerprint density at radius 1 is 1.41 bits per heavy atom. The lowest BCUT2D eigenvalue weighted by Gasteiger charge is -2.43. The zero-order valence-electron chi connectivity index (χ0n) is 14.9. The normalized spacial score (nSPS) is 33.5. The number of allylic oxidation sites excluding steroid dienone is 2. The highest BCUT2D eigenvalue weighted by Gasteiger charge is 2.40. The fourth-order valence-electron chi connectivity index (χ4n) is 3.72. The van der Waals surface area contributed by atoms with Crippen LogP contribution in [0.4, 0.5) is 0 Å². The molecule has 128 valence electrons. The van der Waals surface area contributed by atoms with Crippen molar-refractivity contribution in [3.05, 3.63) is 24.8 Å². The van der Waals surface area contributed by atoms with Gasteiger partial charge in [0.2, 0.25) is 0 Å². The Hall–Kier alpha value is -0.640. The van der Waals surface area contributed by atoms with Crippen molar-refractivity contribution in [2.45, 2.75) is 71.4 Å². The first kappa shape index (κ1) is 19.4. The van der Waals surface area contributed by atoms with Gasteiger partial charge in [-0.3, -0.25) is 0 Å². The van der Waals surface area contributed by atoms with E-state index >= 15 is 0 Å². The van der Waals surface area contributed by atoms with Gasteiger partial charge in [-0.25, -0.2) is 0 Å². The first-order valence-corrected chi connectivity index (χ1v) is 8.60. The molecule has 0 aromatic rings. The van der Waals surface area contributed by atoms with Crippen LogP contribution in [0.5, 0.6) is 0 Å². The van der Waals surface area contributed by atoms with Gasteiger partial charge in [0.05, 0.1) is 24.4 Å². The summed E-state index contributed by atoms with van der Waals surface area (Å²) in [5.41, 5.74) is 0. The molecule has 22 heavy (non-hydrogen) atoms. The van der Waals surface area contributed by atoms with E-state index in [2.05, 4.69) is 39.5 Å². The lowest BCUT2D eigenvalue weighted by molar-refractivity contribution is -0.155. The van der Waals surface area contributed by atoms with Crippen LogP contribution in [-0.2, 0) is 9.47 Å². The lowest BCUT2D eigenvalue weighted by Crippen LogP contribution is -2.48. The molecule has 1 rings (SSSR count). The second-order valence-corrected chi connectivity index (χ2v) is 6.59. The Kier molecular flexibility index (Phi) is 8.37. The van der Waals surface area contributed by atoms with Crippen LogP contribution in [0.3, 0.4) is 0 Å². The van der Waals surface area contributed by atoms with E-state index in [-0.39, 0.29) is 36.3 Å². The third-order valence-electron chi connectivity index (χ3n) is 5.11. The average Bonchev–Trinajstić information content (AvgIpc) is 2.52. The molecule has 0 saturated carbocycles. The molecule has 3 nitrogen and oxygen atoms in total. The lowest BCUT2D eigenvalue weighted by atomic mass is 9.80. The Morgan fingerprint density at radius 3 is 2.59 bits per heavy atom. The number of aliphatic hydroxyl groups is 1. The van der Waals surface area contributed by atoms with Crippen molar-refractivity contribution in [1.29, 1.82) is 0 Å². The summed E-state index contributed by atoms with van der Waals surface area (Å²) in [6.45, 7) is 12.4. The van der Waals surface area contributed by atoms with E-state index in [1.54, 1.807) is 7.11 Å². The molecule has 1 aliphatic rings. The highest BCUT2D eigenvalue weighted by Crippen LogP contribution is 2.35. The number of methoxy groups -OCH3 is 1. The molecule has 0 radical (unpaired) electrons. The van der Waals surface area contributed by atoms with Crippen molar-refractivity contribution in [3.63, 3.8) is 0 Å². The summed E-state index contributed by atoms with van der Waals surface area (Å²) < 4.78 is 12.0. The van der Waals surface area contributed by atoms with E-state index in [1.807, 2.05) is 13.0 Å². The molecular weight excluding hydrogens is 276 g/mol. The van der Waals surface area contributed by atoms with Crippen LogP contribution in [0.15, 0.2) is 24.8 Å². The summed E-state index contributed by atoms with van der Waals surface area (Å²) in [6.07, 6.45) is 8.43. The molecule has 0 amide bonds. The van der Waals surface area contributed by atoms with E-state index in [0.717, 1.165) is 12.8 Å². The molecule has 1 heterocycles. The van der Waals surface area contributed by atoms with Crippen LogP contribution in [-0.4, -0.2) is 36.6 Å². The second kappa shape index (κ2) is 9.49. The molecule has 1 saturated heterocycles. The minimum Gasteiger partial charge on any atom is -0.393 e. The van der Waals surface area contributed by atoms with Crippen LogP contribution in [0.25, 0.3) is 0 Å². The van der Waals surface area contributed by atoms with Crippen molar-refractivity contribution in [3.8, 4) is 0 Å². The molecule has 1 N–H and O–H groups in total. The number of aliphatic hydroxyl groups excluding tert-OH is 1. The Bertz CT molecular complexity index is 353. The minimum atomic E-state index is -0.322. The van der Waals surface area contributed by atoms with Gasteiger partial charge in [0.25, 0.3) is 0 Å². The maximum Gasteiger partial charge on any atom is 0.0809 e. The fourth-order valence-corrected chi connectivity index (χ4v) is 3.72. The second-order valence-electron chi connectivity index (χ2n) is 6.59. The molecule has 7 atom stereocenters. The summed E-state index contributed by atoms with van der Waals surface area (Å²) in [4.78, 5) is 0. The number of hydrogen-bond acceptors (Lipinski definition) is 3. The van der Waals surface area contributed by atoms with Gasteiger partial charge in [-0.15, -0.1) is 6.58 Å². The zero-order valence-corrected chi connectivity index (χ0v) is 14.9. The van der Waals surface area contributed by atoms with Crippen LogP contribution in [0, 0.1) is 17.8 Å². The molecule has 1 aliphatic heterocycles. The van der Waals surface area contributed by atoms with Crippen molar-refractivity contribution < 1.29 is 14.6 Å². The maximum atomic E-state index is 10.4. The first-order valence-electron chi connectivity index (χ1n) is 8.60. The highest BCUT2D eigenvalue weighted by atomic mass is 16.5. The third-order valence-corrected chi connectivity index (χ3v) is 5.11. The molecule has 3 heteroatoms. The molecular formula is C19H34O3. The maximum absolute atomic E-state index is 10.4. The molecule has 1 fully saturated rings. The Labute approximate surface area is 136 Å². The smallest absolute Gasteiger partial charge is 0.0809 e. The summed E-state index contributed by atoms with van der Waals surface area (Å²) in [6, 6.07) is 0. The van der Waals surface area contributed by atoms with E-state index in [9.17, 15) is 5.11 Å². The standard InChI is InChI=1S/C19H34O3/c1-7-10-11-13(4)19(21-6)14(5)18-12-16(20)15(8-2)17(9-3)22-18/h7,9-10,13-20H,3,8,11-12H2,1-2,4-6H3/b10-7+/t13-,14-,15-,16+,17+,18+,19+/m0/s1. The van der Waals surface area contributed by atoms with Crippen molar-refractivity contribution >= 4 is 0 Å². The molecule has 0 aliphatic carbocycles. The van der Waals surface area contributed by atoms with Crippen LogP contribution < -0.4 is 0 Å². The predicted molar refractivity (Wildman–Crippen MR) is 91.8 cm³/mol. The van der Waals surface area contributed by atoms with E-state index in [4.69, 9.17) is 9.47 Å². The molecule has 0 aromatic carbocycles. The van der Waals surface area contributed by atoms with Crippen molar-refractivity contribution in [1.82, 2.24) is 0 Å². The summed E-state index contributed by atoms with van der Waals surface area (Å²) in [5, 5.41) is 10.4. The van der Waals surface area contributed by atoms with Crippen LogP contribution >= 0.6 is 0 Å². The van der Waals surface area contributed by atoms with E-state index in [0.29, 0.717) is 12.3 Å². The molecule has 0 bridgehead atoms. The topological polar surface area (TPSA) is 38.7 Å². The first-order chi connectivity index (χ1) is 10.5. The average molecular weight is 310 g/mol. The van der Waals surface area contributed by atoms with Crippen LogP contribution in [0.1, 0.15) is 47.0 Å². The fraction of sp³-hybridized carbons (Fsp3) is 0.789. The van der Waals surface area contributed by atoms with Crippen LogP contribution in [0.2, 0.25) is 0 Å². The molecule has 0 unspecified atom stereocenters. The Balaban J connectivity index is 2.77. The van der Waals surface area contributed by atoms with Gasteiger partial charge >= 0.3 is 0 Å². The van der Waals surface area contributed by atoms with E-state index < -0.39 is 0 Å². The molecule has 0 spiro atoms. The van der Waals surface area contributed by atoms with Crippen molar-refractivity contribution in [2.24, 2.45) is 17.8 Å². The highest BCUT2D eigenvalue weighted by molar-refractivity contribution is 4.96. The number of hydrogen-bond donors (Lipinski definition) is 1. The molecule has 0 aromatic heterocycles. The quantitative estimate of drug-likeness (QED) is 0.689. The summed E-state index contributed by atoms with van der Waals surface area (Å²) in [7, 11) is 1.77. The largest absolute Gasteiger partial charge is 0.393 e. The minimum absolute atomic E-state index is 0.0128. The van der Waals surface area contributed by atoms with Gasteiger partial charge in [-0.2, -0.15) is 0 Å². The zero-order chi connectivity index (χ0) is 16.7. The van der Waals surface area contributed by atoms with Gasteiger partial charge in [-0.05, 0) is 25.7 Å². The monoisotopic (exact) mass is 310 g/mol. The van der Waals surface area contributed by atoms with Gasteiger partial charge < -0.3 is 14.6 Å². The summed E-state index contributed by atoms with van der Waals surface area (Å²) >= 11 is 0.